The van der Waals surface area contributed by atoms with Crippen molar-refractivity contribution in [1.82, 2.24) is 15.2 Å². The average Bonchev–Trinajstić information content (AvgIpc) is 2.99. The Labute approximate surface area is 231 Å². The number of thioether (sulfide) groups is 1. The molecule has 0 radical (unpaired) electrons. The molecule has 0 atom stereocenters. The molecule has 4 aromatic rings. The largest absolute Gasteiger partial charge is 0.493 e. The fraction of sp³-hybridized carbons (Fsp3) is 0.241. The molecule has 1 amide bonds. The van der Waals surface area contributed by atoms with Crippen molar-refractivity contribution < 1.29 is 23.7 Å². The summed E-state index contributed by atoms with van der Waals surface area (Å²) < 4.78 is 21.8. The van der Waals surface area contributed by atoms with Crippen LogP contribution in [0.1, 0.15) is 12.5 Å². The van der Waals surface area contributed by atoms with Gasteiger partial charge in [-0.05, 0) is 54.4 Å². The molecule has 0 unspecified atom stereocenters. The summed E-state index contributed by atoms with van der Waals surface area (Å²) in [5.41, 5.74) is 4.47. The fourth-order valence-electron chi connectivity index (χ4n) is 4.00. The van der Waals surface area contributed by atoms with Crippen molar-refractivity contribution in [3.8, 4) is 45.5 Å². The van der Waals surface area contributed by atoms with Crippen molar-refractivity contribution in [2.24, 2.45) is 0 Å². The van der Waals surface area contributed by atoms with E-state index in [1.807, 2.05) is 48.5 Å². The van der Waals surface area contributed by atoms with Crippen LogP contribution in [0.25, 0.3) is 22.5 Å². The van der Waals surface area contributed by atoms with Crippen molar-refractivity contribution in [3.63, 3.8) is 0 Å². The lowest BCUT2D eigenvalue weighted by molar-refractivity contribution is -0.113. The number of nitrogens with one attached hydrogen (secondary N) is 1. The number of aryl methyl sites for hydroxylation is 1. The van der Waals surface area contributed by atoms with E-state index < -0.39 is 0 Å². The van der Waals surface area contributed by atoms with E-state index in [2.05, 4.69) is 22.4 Å². The van der Waals surface area contributed by atoms with Crippen molar-refractivity contribution in [3.05, 3.63) is 66.2 Å². The van der Waals surface area contributed by atoms with Crippen LogP contribution in [-0.4, -0.2) is 55.3 Å². The monoisotopic (exact) mass is 546 g/mol. The van der Waals surface area contributed by atoms with Crippen LogP contribution >= 0.6 is 11.8 Å². The van der Waals surface area contributed by atoms with Crippen LogP contribution in [0.2, 0.25) is 0 Å². The van der Waals surface area contributed by atoms with Gasteiger partial charge in [0.1, 0.15) is 11.4 Å². The molecule has 1 N–H and O–H groups in total. The predicted octanol–water partition coefficient (Wildman–Crippen LogP) is 5.53. The van der Waals surface area contributed by atoms with E-state index in [4.69, 9.17) is 23.9 Å². The maximum atomic E-state index is 12.7. The van der Waals surface area contributed by atoms with Crippen LogP contribution in [0.15, 0.2) is 65.8 Å². The van der Waals surface area contributed by atoms with E-state index in [9.17, 15) is 4.79 Å². The Morgan fingerprint density at radius 1 is 0.769 bits per heavy atom. The van der Waals surface area contributed by atoms with E-state index >= 15 is 0 Å². The van der Waals surface area contributed by atoms with Gasteiger partial charge in [0.15, 0.2) is 23.0 Å². The molecule has 10 heteroatoms. The number of hydrogen-bond donors (Lipinski definition) is 1. The molecule has 0 saturated heterocycles. The Morgan fingerprint density at radius 2 is 1.36 bits per heavy atom. The van der Waals surface area contributed by atoms with Gasteiger partial charge in [0, 0.05) is 16.8 Å². The van der Waals surface area contributed by atoms with Crippen LogP contribution in [0.5, 0.6) is 23.0 Å². The molecule has 0 spiro atoms. The third-order valence-corrected chi connectivity index (χ3v) is 6.82. The second kappa shape index (κ2) is 13.0. The topological polar surface area (TPSA) is 105 Å². The van der Waals surface area contributed by atoms with Crippen LogP contribution < -0.4 is 24.3 Å². The number of carbonyl (C=O) groups excluding carboxylic acids is 1. The Kier molecular flexibility index (Phi) is 9.22. The molecule has 0 bridgehead atoms. The number of para-hydroxylation sites is 1. The first-order valence-electron chi connectivity index (χ1n) is 12.2. The first-order valence-corrected chi connectivity index (χ1v) is 13.2. The number of anilines is 1. The van der Waals surface area contributed by atoms with Gasteiger partial charge in [0.2, 0.25) is 11.1 Å². The van der Waals surface area contributed by atoms with Gasteiger partial charge in [-0.15, -0.1) is 10.2 Å². The van der Waals surface area contributed by atoms with Crippen LogP contribution in [-0.2, 0) is 11.2 Å². The van der Waals surface area contributed by atoms with Crippen molar-refractivity contribution >= 4 is 23.4 Å². The number of amides is 1. The normalized spacial score (nSPS) is 10.6. The van der Waals surface area contributed by atoms with Gasteiger partial charge in [-0.1, -0.05) is 36.9 Å². The Bertz CT molecular complexity index is 1460. The minimum absolute atomic E-state index is 0.126. The second-order valence-electron chi connectivity index (χ2n) is 8.28. The number of aromatic nitrogens is 3. The molecule has 39 heavy (non-hydrogen) atoms. The lowest BCUT2D eigenvalue weighted by atomic mass is 10.0. The maximum Gasteiger partial charge on any atom is 0.234 e. The van der Waals surface area contributed by atoms with Crippen LogP contribution in [0.4, 0.5) is 5.69 Å². The summed E-state index contributed by atoms with van der Waals surface area (Å²) >= 11 is 1.21. The summed E-state index contributed by atoms with van der Waals surface area (Å²) in [5.74, 6) is 2.27. The summed E-state index contributed by atoms with van der Waals surface area (Å²) in [5, 5.41) is 12.2. The maximum absolute atomic E-state index is 12.7. The molecule has 1 heterocycles. The van der Waals surface area contributed by atoms with E-state index in [1.54, 1.807) is 40.6 Å². The lowest BCUT2D eigenvalue weighted by Crippen LogP contribution is -2.15. The summed E-state index contributed by atoms with van der Waals surface area (Å²) in [6, 6.07) is 18.7. The predicted molar refractivity (Wildman–Crippen MR) is 152 cm³/mol. The first kappa shape index (κ1) is 27.7. The molecule has 9 nitrogen and oxygen atoms in total. The molecule has 0 fully saturated rings. The minimum atomic E-state index is -0.152. The SMILES string of the molecule is CCc1ccccc1NC(=O)CSc1nnc(-c2ccc(OC)c(OC)c2)c(-c2ccc(OC)c(OC)c2)n1. The smallest absolute Gasteiger partial charge is 0.234 e. The van der Waals surface area contributed by atoms with E-state index in [1.165, 1.54) is 11.8 Å². The van der Waals surface area contributed by atoms with Crippen LogP contribution in [0.3, 0.4) is 0 Å². The number of benzene rings is 3. The molecule has 202 valence electrons. The summed E-state index contributed by atoms with van der Waals surface area (Å²) in [4.78, 5) is 17.5. The third-order valence-electron chi connectivity index (χ3n) is 5.99. The van der Waals surface area contributed by atoms with Crippen molar-refractivity contribution in [2.45, 2.75) is 18.5 Å². The number of carbonyl (C=O) groups is 1. The molecular weight excluding hydrogens is 516 g/mol. The Hall–Kier alpha value is -4.31. The van der Waals surface area contributed by atoms with E-state index in [-0.39, 0.29) is 11.7 Å². The zero-order chi connectivity index (χ0) is 27.8. The molecule has 0 aliphatic carbocycles. The second-order valence-corrected chi connectivity index (χ2v) is 9.22. The Morgan fingerprint density at radius 3 is 1.95 bits per heavy atom. The first-order chi connectivity index (χ1) is 19.0. The van der Waals surface area contributed by atoms with Gasteiger partial charge in [0.05, 0.1) is 34.2 Å². The highest BCUT2D eigenvalue weighted by molar-refractivity contribution is 7.99. The van der Waals surface area contributed by atoms with E-state index in [0.717, 1.165) is 28.8 Å². The zero-order valence-electron chi connectivity index (χ0n) is 22.5. The van der Waals surface area contributed by atoms with E-state index in [0.29, 0.717) is 39.5 Å². The van der Waals surface area contributed by atoms with Crippen molar-refractivity contribution in [1.29, 1.82) is 0 Å². The summed E-state index contributed by atoms with van der Waals surface area (Å²) in [6.45, 7) is 2.05. The number of ether oxygens (including phenoxy) is 4. The van der Waals surface area contributed by atoms with Crippen LogP contribution in [0, 0.1) is 0 Å². The highest BCUT2D eigenvalue weighted by atomic mass is 32.2. The molecular formula is C29H30N4O5S. The highest BCUT2D eigenvalue weighted by Gasteiger charge is 2.18. The molecule has 0 saturated carbocycles. The van der Waals surface area contributed by atoms with Crippen molar-refractivity contribution in [2.75, 3.05) is 39.5 Å². The molecule has 0 aliphatic rings. The molecule has 0 aliphatic heterocycles. The minimum Gasteiger partial charge on any atom is -0.493 e. The van der Waals surface area contributed by atoms with Gasteiger partial charge >= 0.3 is 0 Å². The van der Waals surface area contributed by atoms with Gasteiger partial charge in [0.25, 0.3) is 0 Å². The van der Waals surface area contributed by atoms with Gasteiger partial charge in [-0.3, -0.25) is 4.79 Å². The van der Waals surface area contributed by atoms with Gasteiger partial charge in [-0.2, -0.15) is 0 Å². The molecule has 3 aromatic carbocycles. The number of nitrogens with zero attached hydrogens (tertiary/aromatic N) is 3. The van der Waals surface area contributed by atoms with Gasteiger partial charge in [-0.25, -0.2) is 4.98 Å². The number of methoxy groups -OCH3 is 4. The fourth-order valence-corrected chi connectivity index (χ4v) is 4.59. The number of hydrogen-bond acceptors (Lipinski definition) is 9. The third kappa shape index (κ3) is 6.40. The average molecular weight is 547 g/mol. The quantitative estimate of drug-likeness (QED) is 0.243. The lowest BCUT2D eigenvalue weighted by Gasteiger charge is -2.14. The highest BCUT2D eigenvalue weighted by Crippen LogP contribution is 2.38. The Balaban J connectivity index is 1.68. The van der Waals surface area contributed by atoms with Gasteiger partial charge < -0.3 is 24.3 Å². The molecule has 1 aromatic heterocycles. The number of rotatable bonds is 11. The summed E-state index contributed by atoms with van der Waals surface area (Å²) in [7, 11) is 6.31. The molecule has 4 rings (SSSR count). The summed E-state index contributed by atoms with van der Waals surface area (Å²) in [6.07, 6.45) is 0.822. The standard InChI is InChI=1S/C29H30N4O5S/c1-6-18-9-7-8-10-21(18)30-26(34)17-39-29-31-27(19-11-13-22(35-2)24(15-19)37-4)28(32-33-29)20-12-14-23(36-3)25(16-20)38-5/h7-16H,6,17H2,1-5H3,(H,30,34). The zero-order valence-corrected chi connectivity index (χ0v) is 23.3.